The molecule has 0 aliphatic rings. The molecule has 9 nitrogen and oxygen atoms in total. The Morgan fingerprint density at radius 2 is 1.57 bits per heavy atom. The predicted molar refractivity (Wildman–Crippen MR) is 175 cm³/mol. The summed E-state index contributed by atoms with van der Waals surface area (Å²) in [6, 6.07) is 26.3. The van der Waals surface area contributed by atoms with Gasteiger partial charge in [-0.15, -0.1) is 0 Å². The van der Waals surface area contributed by atoms with Gasteiger partial charge in [0.2, 0.25) is 11.9 Å². The van der Waals surface area contributed by atoms with Crippen molar-refractivity contribution in [3.05, 3.63) is 120 Å². The van der Waals surface area contributed by atoms with Crippen molar-refractivity contribution in [2.45, 2.75) is 35.4 Å². The minimum Gasteiger partial charge on any atom is -0.394 e. The number of anilines is 4. The molecule has 0 fully saturated rings. The van der Waals surface area contributed by atoms with Crippen molar-refractivity contribution >= 4 is 38.8 Å². The van der Waals surface area contributed by atoms with Crippen LogP contribution in [-0.2, 0) is 27.1 Å². The molecule has 242 valence electrons. The molecule has 5 N–H and O–H groups in total. The molecule has 4 aromatic carbocycles. The van der Waals surface area contributed by atoms with Crippen LogP contribution in [0.3, 0.4) is 0 Å². The van der Waals surface area contributed by atoms with Crippen LogP contribution >= 0.6 is 0 Å². The van der Waals surface area contributed by atoms with Gasteiger partial charge in [-0.1, -0.05) is 48.5 Å². The number of nitrogens with zero attached hydrogens (tertiary/aromatic N) is 2. The summed E-state index contributed by atoms with van der Waals surface area (Å²) in [6.45, 7) is 1.63. The Hall–Kier alpha value is -5.27. The summed E-state index contributed by atoms with van der Waals surface area (Å²) in [6.07, 6.45) is -3.12. The first kappa shape index (κ1) is 33.1. The second-order valence-electron chi connectivity index (χ2n) is 10.7. The monoisotopic (exact) mass is 660 g/mol. The van der Waals surface area contributed by atoms with E-state index in [4.69, 9.17) is 4.78 Å². The number of aliphatic hydroxyl groups excluding tert-OH is 1. The molecule has 0 bridgehead atoms. The molecular weight excluding hydrogens is 629 g/mol. The number of rotatable bonds is 11. The Morgan fingerprint density at radius 3 is 2.23 bits per heavy atom. The maximum Gasteiger partial charge on any atom is 0.416 e. The van der Waals surface area contributed by atoms with E-state index in [2.05, 4.69) is 25.9 Å². The van der Waals surface area contributed by atoms with E-state index >= 15 is 0 Å². The number of benzene rings is 4. The summed E-state index contributed by atoms with van der Waals surface area (Å²) in [5, 5.41) is 18.6. The number of nitrogens with one attached hydrogen (secondary N) is 4. The van der Waals surface area contributed by atoms with Crippen LogP contribution in [-0.4, -0.2) is 37.8 Å². The number of hydrogen-bond acceptors (Lipinski definition) is 8. The number of carbonyl (C=O) groups excluding carboxylic acids is 1. The second kappa shape index (κ2) is 14.0. The highest BCUT2D eigenvalue weighted by Gasteiger charge is 2.30. The van der Waals surface area contributed by atoms with Crippen LogP contribution in [0.4, 0.5) is 36.3 Å². The molecule has 0 aliphatic heterocycles. The standard InChI is InChI=1S/C34H31F3N6O3S/c1-22(21-44)40-32-30(24-10-12-26(13-11-24)41-31(45)19-23-6-5-7-25(18-23)34(35,36)37)20-39-33(43-32)42-27-14-16-29(17-15-27)47(38,46)28-8-3-2-4-9-28/h2-18,20,22,38,44H,19,21H2,1H3,(H,41,45)(H2,39,40,42,43). The molecule has 0 aliphatic carbocycles. The molecule has 1 aromatic heterocycles. The van der Waals surface area contributed by atoms with Crippen molar-refractivity contribution in [2.75, 3.05) is 22.6 Å². The van der Waals surface area contributed by atoms with Crippen LogP contribution in [0.15, 0.2) is 119 Å². The van der Waals surface area contributed by atoms with E-state index in [9.17, 15) is 27.3 Å². The van der Waals surface area contributed by atoms with Crippen LogP contribution in [0.2, 0.25) is 0 Å². The summed E-state index contributed by atoms with van der Waals surface area (Å²) in [7, 11) is -3.17. The Bertz CT molecular complexity index is 1950. The normalized spacial score (nSPS) is 13.3. The number of aromatic nitrogens is 2. The van der Waals surface area contributed by atoms with Gasteiger partial charge in [-0.05, 0) is 72.6 Å². The quantitative estimate of drug-likeness (QED) is 0.0999. The van der Waals surface area contributed by atoms with Gasteiger partial charge in [-0.2, -0.15) is 18.2 Å². The van der Waals surface area contributed by atoms with Crippen molar-refractivity contribution in [2.24, 2.45) is 0 Å². The highest BCUT2D eigenvalue weighted by Crippen LogP contribution is 2.31. The van der Waals surface area contributed by atoms with Gasteiger partial charge in [-0.3, -0.25) is 4.79 Å². The first-order valence-corrected chi connectivity index (χ1v) is 16.0. The maximum atomic E-state index is 13.1. The smallest absolute Gasteiger partial charge is 0.394 e. The average molecular weight is 661 g/mol. The van der Waals surface area contributed by atoms with Gasteiger partial charge in [0.15, 0.2) is 0 Å². The van der Waals surface area contributed by atoms with E-state index in [1.807, 2.05) is 0 Å². The lowest BCUT2D eigenvalue weighted by molar-refractivity contribution is -0.137. The van der Waals surface area contributed by atoms with Gasteiger partial charge < -0.3 is 21.1 Å². The van der Waals surface area contributed by atoms with Crippen LogP contribution in [0.1, 0.15) is 18.1 Å². The highest BCUT2D eigenvalue weighted by molar-refractivity contribution is 7.92. The van der Waals surface area contributed by atoms with Gasteiger partial charge in [0.1, 0.15) is 15.5 Å². The molecule has 1 amide bonds. The molecule has 0 saturated heterocycles. The summed E-state index contributed by atoms with van der Waals surface area (Å²) in [5.41, 5.74) is 1.81. The van der Waals surface area contributed by atoms with Crippen molar-refractivity contribution in [1.29, 1.82) is 4.78 Å². The molecule has 13 heteroatoms. The van der Waals surface area contributed by atoms with Gasteiger partial charge >= 0.3 is 6.18 Å². The lowest BCUT2D eigenvalue weighted by Gasteiger charge is -2.17. The van der Waals surface area contributed by atoms with Crippen molar-refractivity contribution < 1.29 is 27.3 Å². The summed E-state index contributed by atoms with van der Waals surface area (Å²) < 4.78 is 60.6. The minimum absolute atomic E-state index is 0.154. The van der Waals surface area contributed by atoms with Crippen LogP contribution in [0, 0.1) is 4.78 Å². The fraction of sp³-hybridized carbons (Fsp3) is 0.147. The summed E-state index contributed by atoms with van der Waals surface area (Å²) in [4.78, 5) is 22.4. The fourth-order valence-corrected chi connectivity index (χ4v) is 5.96. The molecular formula is C34H31F3N6O3S. The third-order valence-corrected chi connectivity index (χ3v) is 8.93. The molecule has 47 heavy (non-hydrogen) atoms. The second-order valence-corrected chi connectivity index (χ2v) is 12.8. The highest BCUT2D eigenvalue weighted by atomic mass is 32.2. The summed E-state index contributed by atoms with van der Waals surface area (Å²) >= 11 is 0. The SMILES string of the molecule is CC(CO)Nc1nc(Nc2ccc(S(=N)(=O)c3ccccc3)cc2)ncc1-c1ccc(NC(=O)Cc2cccc(C(F)(F)F)c2)cc1. The Balaban J connectivity index is 1.30. The van der Waals surface area contributed by atoms with E-state index < -0.39 is 27.4 Å². The number of amides is 1. The topological polar surface area (TPSA) is 140 Å². The lowest BCUT2D eigenvalue weighted by atomic mass is 10.1. The zero-order chi connectivity index (χ0) is 33.6. The largest absolute Gasteiger partial charge is 0.416 e. The zero-order valence-corrected chi connectivity index (χ0v) is 25.9. The fourth-order valence-electron chi connectivity index (χ4n) is 4.63. The molecule has 0 radical (unpaired) electrons. The predicted octanol–water partition coefficient (Wildman–Crippen LogP) is 7.34. The summed E-state index contributed by atoms with van der Waals surface area (Å²) in [5.74, 6) is 0.218. The maximum absolute atomic E-state index is 13.1. The number of hydrogen-bond donors (Lipinski definition) is 5. The van der Waals surface area contributed by atoms with E-state index in [0.717, 1.165) is 12.1 Å². The number of halogens is 3. The number of carbonyl (C=O) groups is 1. The van der Waals surface area contributed by atoms with E-state index in [1.165, 1.54) is 12.1 Å². The molecule has 5 aromatic rings. The Labute approximate surface area is 269 Å². The number of alkyl halides is 3. The molecule has 0 spiro atoms. The number of aliphatic hydroxyl groups is 1. The molecule has 5 rings (SSSR count). The molecule has 1 heterocycles. The van der Waals surface area contributed by atoms with Crippen molar-refractivity contribution in [1.82, 2.24) is 9.97 Å². The molecule has 2 unspecified atom stereocenters. The van der Waals surface area contributed by atoms with Crippen LogP contribution in [0.25, 0.3) is 11.1 Å². The van der Waals surface area contributed by atoms with Gasteiger partial charge in [0, 0.05) is 29.2 Å². The van der Waals surface area contributed by atoms with E-state index in [1.54, 1.807) is 92.0 Å². The van der Waals surface area contributed by atoms with Gasteiger partial charge in [0.25, 0.3) is 0 Å². The van der Waals surface area contributed by atoms with E-state index in [0.29, 0.717) is 38.1 Å². The lowest BCUT2D eigenvalue weighted by Crippen LogP contribution is -2.21. The zero-order valence-electron chi connectivity index (χ0n) is 25.1. The van der Waals surface area contributed by atoms with Crippen molar-refractivity contribution in [3.8, 4) is 11.1 Å². The Kier molecular flexibility index (Phi) is 9.87. The van der Waals surface area contributed by atoms with Crippen LogP contribution in [0.5, 0.6) is 0 Å². The van der Waals surface area contributed by atoms with Crippen molar-refractivity contribution in [3.63, 3.8) is 0 Å². The molecule has 2 atom stereocenters. The minimum atomic E-state index is -4.49. The molecule has 0 saturated carbocycles. The third-order valence-electron chi connectivity index (χ3n) is 7.06. The van der Waals surface area contributed by atoms with Crippen LogP contribution < -0.4 is 16.0 Å². The van der Waals surface area contributed by atoms with Gasteiger partial charge in [0.05, 0.1) is 28.4 Å². The first-order chi connectivity index (χ1) is 22.4. The van der Waals surface area contributed by atoms with E-state index in [-0.39, 0.29) is 30.6 Å². The third kappa shape index (κ3) is 8.31. The Morgan fingerprint density at radius 1 is 0.915 bits per heavy atom. The average Bonchev–Trinajstić information content (AvgIpc) is 3.06. The van der Waals surface area contributed by atoms with Gasteiger partial charge in [-0.25, -0.2) is 14.0 Å². The first-order valence-electron chi connectivity index (χ1n) is 14.4.